The smallest absolute Gasteiger partial charge is 0.227 e. The van der Waals surface area contributed by atoms with Crippen molar-refractivity contribution in [2.45, 2.75) is 32.1 Å². The van der Waals surface area contributed by atoms with Gasteiger partial charge in [-0.05, 0) is 60.9 Å². The fourth-order valence-electron chi connectivity index (χ4n) is 5.57. The Bertz CT molecular complexity index is 1800. The second-order valence-electron chi connectivity index (χ2n) is 10.1. The summed E-state index contributed by atoms with van der Waals surface area (Å²) in [5, 5.41) is 12.8. The number of anilines is 1. The van der Waals surface area contributed by atoms with Gasteiger partial charge in [-0.1, -0.05) is 31.4 Å². The molecular weight excluding hydrogens is 486 g/mol. The van der Waals surface area contributed by atoms with Gasteiger partial charge in [0.25, 0.3) is 0 Å². The molecular formula is C31H27N7O. The van der Waals surface area contributed by atoms with E-state index in [9.17, 15) is 4.79 Å². The molecule has 0 radical (unpaired) electrons. The number of benzene rings is 1. The maximum absolute atomic E-state index is 12.8. The van der Waals surface area contributed by atoms with E-state index in [2.05, 4.69) is 47.6 Å². The molecule has 7 rings (SSSR count). The van der Waals surface area contributed by atoms with E-state index in [-0.39, 0.29) is 11.8 Å². The Morgan fingerprint density at radius 3 is 2.67 bits per heavy atom. The van der Waals surface area contributed by atoms with Crippen LogP contribution in [0.25, 0.3) is 55.7 Å². The molecule has 8 heteroatoms. The number of aromatic nitrogens is 6. The Hall–Kier alpha value is -4.85. The van der Waals surface area contributed by atoms with Crippen molar-refractivity contribution in [2.24, 2.45) is 5.92 Å². The largest absolute Gasteiger partial charge is 0.338 e. The highest BCUT2D eigenvalue weighted by Gasteiger charge is 2.21. The highest BCUT2D eigenvalue weighted by Crippen LogP contribution is 2.34. The Morgan fingerprint density at radius 2 is 1.79 bits per heavy atom. The van der Waals surface area contributed by atoms with Gasteiger partial charge in [0.2, 0.25) is 5.91 Å². The highest BCUT2D eigenvalue weighted by molar-refractivity contribution is 6.00. The van der Waals surface area contributed by atoms with E-state index < -0.39 is 0 Å². The fourth-order valence-corrected chi connectivity index (χ4v) is 5.57. The SMILES string of the molecule is O=C(Nc1cncc(-c2ccc3[nH]nc(-c4cc5c(-c6ccccn6)ccnc5[nH]4)c3c2)c1)C1CCCCC1. The first-order chi connectivity index (χ1) is 19.2. The number of nitrogens with one attached hydrogen (secondary N) is 3. The fraction of sp³-hybridized carbons (Fsp3) is 0.194. The van der Waals surface area contributed by atoms with E-state index >= 15 is 0 Å². The van der Waals surface area contributed by atoms with Crippen molar-refractivity contribution in [3.05, 3.63) is 79.4 Å². The number of amides is 1. The minimum atomic E-state index is 0.0937. The van der Waals surface area contributed by atoms with Crippen LogP contribution in [0, 0.1) is 5.92 Å². The van der Waals surface area contributed by atoms with Crippen molar-refractivity contribution in [3.8, 4) is 33.8 Å². The van der Waals surface area contributed by atoms with Gasteiger partial charge in [-0.25, -0.2) is 4.98 Å². The topological polar surface area (TPSA) is 112 Å². The molecule has 1 amide bonds. The third kappa shape index (κ3) is 4.44. The summed E-state index contributed by atoms with van der Waals surface area (Å²) in [4.78, 5) is 29.7. The lowest BCUT2D eigenvalue weighted by Crippen LogP contribution is -2.24. The molecule has 1 aliphatic rings. The quantitative estimate of drug-likeness (QED) is 0.236. The molecule has 8 nitrogen and oxygen atoms in total. The van der Waals surface area contributed by atoms with Crippen LogP contribution < -0.4 is 5.32 Å². The number of carbonyl (C=O) groups excluding carboxylic acids is 1. The molecule has 1 aromatic carbocycles. The highest BCUT2D eigenvalue weighted by atomic mass is 16.1. The Balaban J connectivity index is 1.23. The van der Waals surface area contributed by atoms with Crippen LogP contribution >= 0.6 is 0 Å². The van der Waals surface area contributed by atoms with Gasteiger partial charge in [-0.15, -0.1) is 0 Å². The number of pyridine rings is 3. The number of nitrogens with zero attached hydrogens (tertiary/aromatic N) is 4. The van der Waals surface area contributed by atoms with Crippen LogP contribution in [0.2, 0.25) is 0 Å². The van der Waals surface area contributed by atoms with E-state index in [1.54, 1.807) is 18.6 Å². The number of hydrogen-bond donors (Lipinski definition) is 3. The molecule has 0 bridgehead atoms. The molecule has 6 aromatic rings. The van der Waals surface area contributed by atoms with Gasteiger partial charge in [0.05, 0.1) is 28.8 Å². The van der Waals surface area contributed by atoms with Gasteiger partial charge in [0, 0.05) is 46.4 Å². The van der Waals surface area contributed by atoms with Gasteiger partial charge in [-0.3, -0.25) is 19.9 Å². The monoisotopic (exact) mass is 513 g/mol. The zero-order valence-electron chi connectivity index (χ0n) is 21.3. The van der Waals surface area contributed by atoms with Crippen molar-refractivity contribution in [1.29, 1.82) is 0 Å². The Morgan fingerprint density at radius 1 is 0.872 bits per heavy atom. The molecule has 39 heavy (non-hydrogen) atoms. The van der Waals surface area contributed by atoms with Gasteiger partial charge in [0.15, 0.2) is 0 Å². The first-order valence-electron chi connectivity index (χ1n) is 13.4. The summed E-state index contributed by atoms with van der Waals surface area (Å²) in [7, 11) is 0. The van der Waals surface area contributed by atoms with Crippen LogP contribution in [0.15, 0.2) is 79.4 Å². The molecule has 3 N–H and O–H groups in total. The van der Waals surface area contributed by atoms with Gasteiger partial charge in [-0.2, -0.15) is 5.10 Å². The van der Waals surface area contributed by atoms with Crippen molar-refractivity contribution in [2.75, 3.05) is 5.32 Å². The van der Waals surface area contributed by atoms with E-state index in [0.717, 1.165) is 87.1 Å². The molecule has 5 aromatic heterocycles. The number of H-pyrrole nitrogens is 2. The zero-order valence-corrected chi connectivity index (χ0v) is 21.3. The average molecular weight is 514 g/mol. The summed E-state index contributed by atoms with van der Waals surface area (Å²) in [5.41, 5.74) is 7.96. The van der Waals surface area contributed by atoms with Crippen LogP contribution in [-0.4, -0.2) is 36.0 Å². The first-order valence-corrected chi connectivity index (χ1v) is 13.4. The van der Waals surface area contributed by atoms with Gasteiger partial charge >= 0.3 is 0 Å². The maximum atomic E-state index is 12.8. The summed E-state index contributed by atoms with van der Waals surface area (Å²) in [6, 6.07) is 18.1. The van der Waals surface area contributed by atoms with E-state index in [1.807, 2.05) is 48.7 Å². The summed E-state index contributed by atoms with van der Waals surface area (Å²) < 4.78 is 0. The third-order valence-electron chi connectivity index (χ3n) is 7.61. The lowest BCUT2D eigenvalue weighted by Gasteiger charge is -2.20. The van der Waals surface area contributed by atoms with Crippen molar-refractivity contribution in [3.63, 3.8) is 0 Å². The average Bonchev–Trinajstić information content (AvgIpc) is 3.62. The van der Waals surface area contributed by atoms with Crippen LogP contribution in [0.3, 0.4) is 0 Å². The van der Waals surface area contributed by atoms with Gasteiger partial charge < -0.3 is 10.3 Å². The van der Waals surface area contributed by atoms with Crippen LogP contribution in [-0.2, 0) is 4.79 Å². The number of aromatic amines is 2. The van der Waals surface area contributed by atoms with E-state index in [1.165, 1.54) is 6.42 Å². The molecule has 1 fully saturated rings. The number of hydrogen-bond acceptors (Lipinski definition) is 5. The summed E-state index contributed by atoms with van der Waals surface area (Å²) in [6.07, 6.45) is 12.5. The summed E-state index contributed by atoms with van der Waals surface area (Å²) in [6.45, 7) is 0. The lowest BCUT2D eigenvalue weighted by molar-refractivity contribution is -0.120. The van der Waals surface area contributed by atoms with Crippen molar-refractivity contribution < 1.29 is 4.79 Å². The first kappa shape index (κ1) is 23.3. The number of rotatable bonds is 5. The minimum absolute atomic E-state index is 0.0937. The van der Waals surface area contributed by atoms with Crippen LogP contribution in [0.5, 0.6) is 0 Å². The molecule has 0 saturated heterocycles. The summed E-state index contributed by atoms with van der Waals surface area (Å²) in [5.74, 6) is 0.190. The second-order valence-corrected chi connectivity index (χ2v) is 10.1. The molecule has 0 atom stereocenters. The predicted molar refractivity (Wildman–Crippen MR) is 153 cm³/mol. The van der Waals surface area contributed by atoms with Crippen LogP contribution in [0.4, 0.5) is 5.69 Å². The van der Waals surface area contributed by atoms with E-state index in [0.29, 0.717) is 0 Å². The molecule has 0 spiro atoms. The van der Waals surface area contributed by atoms with Crippen molar-refractivity contribution >= 4 is 33.5 Å². The molecule has 1 saturated carbocycles. The third-order valence-corrected chi connectivity index (χ3v) is 7.61. The predicted octanol–water partition coefficient (Wildman–Crippen LogP) is 6.75. The lowest BCUT2D eigenvalue weighted by atomic mass is 9.88. The van der Waals surface area contributed by atoms with Crippen LogP contribution in [0.1, 0.15) is 32.1 Å². The molecule has 0 aliphatic heterocycles. The zero-order chi connectivity index (χ0) is 26.2. The minimum Gasteiger partial charge on any atom is -0.338 e. The summed E-state index contributed by atoms with van der Waals surface area (Å²) >= 11 is 0. The molecule has 0 unspecified atom stereocenters. The Labute approximate surface area is 224 Å². The maximum Gasteiger partial charge on any atom is 0.227 e. The normalized spacial score (nSPS) is 14.2. The van der Waals surface area contributed by atoms with E-state index in [4.69, 9.17) is 0 Å². The number of carbonyl (C=O) groups is 1. The molecule has 5 heterocycles. The standard InChI is InChI=1S/C31H27N7O/c39-31(19-6-2-1-3-7-19)35-22-14-21(17-32-18-22)20-9-10-27-25(15-20)29(38-37-27)28-16-24-23(11-13-34-30(24)36-28)26-8-4-5-12-33-26/h4-5,8-19H,1-3,6-7H2,(H,34,36)(H,35,39)(H,37,38). The van der Waals surface area contributed by atoms with Crippen molar-refractivity contribution in [1.82, 2.24) is 30.1 Å². The number of fused-ring (bicyclic) bond motifs is 2. The second kappa shape index (κ2) is 9.79. The van der Waals surface area contributed by atoms with Gasteiger partial charge in [0.1, 0.15) is 11.3 Å². The molecule has 192 valence electrons. The Kier molecular flexibility index (Phi) is 5.85. The molecule has 1 aliphatic carbocycles.